The van der Waals surface area contributed by atoms with Crippen LogP contribution in [0.1, 0.15) is 10.4 Å². The lowest BCUT2D eigenvalue weighted by Crippen LogP contribution is -2.12. The molecule has 1 aromatic rings. The first-order chi connectivity index (χ1) is 5.66. The van der Waals surface area contributed by atoms with Gasteiger partial charge in [-0.15, -0.1) is 0 Å². The summed E-state index contributed by atoms with van der Waals surface area (Å²) in [4.78, 5) is 11.1. The quantitative estimate of drug-likeness (QED) is 0.702. The second kappa shape index (κ2) is 4.03. The van der Waals surface area contributed by atoms with Crippen LogP contribution in [0.4, 0.5) is 0 Å². The Morgan fingerprint density at radius 1 is 1.42 bits per heavy atom. The van der Waals surface area contributed by atoms with Gasteiger partial charge in [0.05, 0.1) is 15.6 Å². The molecule has 0 heterocycles. The van der Waals surface area contributed by atoms with Gasteiger partial charge in [0.2, 0.25) is 0 Å². The standard InChI is InChI=1S/C7H5Cl2NOS/c8-5-3-1-2-4(6(5)9)7(11)10-12/h1-3,12H,(H,10,11). The molecule has 1 amide bonds. The Labute approximate surface area is 85.4 Å². The molecule has 0 aliphatic heterocycles. The van der Waals surface area contributed by atoms with Crippen LogP contribution in [0, 0.1) is 0 Å². The van der Waals surface area contributed by atoms with E-state index in [4.69, 9.17) is 23.2 Å². The van der Waals surface area contributed by atoms with Gasteiger partial charge in [-0.25, -0.2) is 0 Å². The molecule has 0 spiro atoms. The molecule has 0 bridgehead atoms. The van der Waals surface area contributed by atoms with Crippen LogP contribution in [0.15, 0.2) is 18.2 Å². The maximum Gasteiger partial charge on any atom is 0.262 e. The van der Waals surface area contributed by atoms with Crippen molar-refractivity contribution < 1.29 is 4.79 Å². The fourth-order valence-electron chi connectivity index (χ4n) is 0.739. The highest BCUT2D eigenvalue weighted by Gasteiger charge is 2.10. The van der Waals surface area contributed by atoms with E-state index in [0.29, 0.717) is 10.6 Å². The Kier molecular flexibility index (Phi) is 3.26. The van der Waals surface area contributed by atoms with Crippen molar-refractivity contribution in [2.75, 3.05) is 0 Å². The number of amides is 1. The van der Waals surface area contributed by atoms with Gasteiger partial charge in [0.25, 0.3) is 5.91 Å². The van der Waals surface area contributed by atoms with Crippen LogP contribution in [0.25, 0.3) is 0 Å². The number of benzene rings is 1. The van der Waals surface area contributed by atoms with E-state index >= 15 is 0 Å². The third kappa shape index (κ3) is 1.86. The van der Waals surface area contributed by atoms with Gasteiger partial charge in [-0.2, -0.15) is 0 Å². The van der Waals surface area contributed by atoms with E-state index in [-0.39, 0.29) is 10.9 Å². The number of carbonyl (C=O) groups is 1. The molecule has 0 radical (unpaired) electrons. The van der Waals surface area contributed by atoms with Gasteiger partial charge in [-0.3, -0.25) is 9.52 Å². The van der Waals surface area contributed by atoms with Crippen LogP contribution in [0.3, 0.4) is 0 Å². The number of nitrogens with one attached hydrogen (secondary N) is 1. The van der Waals surface area contributed by atoms with Gasteiger partial charge < -0.3 is 0 Å². The molecule has 0 saturated heterocycles. The lowest BCUT2D eigenvalue weighted by Gasteiger charge is -2.02. The summed E-state index contributed by atoms with van der Waals surface area (Å²) in [5, 5.41) is 0.594. The largest absolute Gasteiger partial charge is 0.299 e. The van der Waals surface area contributed by atoms with Crippen molar-refractivity contribution >= 4 is 41.9 Å². The predicted octanol–water partition coefficient (Wildman–Crippen LogP) is 2.57. The van der Waals surface area contributed by atoms with Crippen LogP contribution >= 0.6 is 36.0 Å². The summed E-state index contributed by atoms with van der Waals surface area (Å²) in [7, 11) is 0. The lowest BCUT2D eigenvalue weighted by atomic mass is 10.2. The van der Waals surface area contributed by atoms with Crippen molar-refractivity contribution in [3.63, 3.8) is 0 Å². The van der Waals surface area contributed by atoms with Crippen LogP contribution in [0.2, 0.25) is 10.0 Å². The minimum Gasteiger partial charge on any atom is -0.299 e. The summed E-state index contributed by atoms with van der Waals surface area (Å²) in [6, 6.07) is 4.82. The van der Waals surface area contributed by atoms with Crippen LogP contribution in [0.5, 0.6) is 0 Å². The highest BCUT2D eigenvalue weighted by molar-refractivity contribution is 7.78. The van der Waals surface area contributed by atoms with Crippen LogP contribution in [-0.2, 0) is 0 Å². The third-order valence-electron chi connectivity index (χ3n) is 1.30. The van der Waals surface area contributed by atoms with Gasteiger partial charge in [-0.1, -0.05) is 42.1 Å². The lowest BCUT2D eigenvalue weighted by molar-refractivity contribution is 0.0985. The van der Waals surface area contributed by atoms with Gasteiger partial charge >= 0.3 is 0 Å². The second-order valence-electron chi connectivity index (χ2n) is 2.04. The summed E-state index contributed by atoms with van der Waals surface area (Å²) in [5.41, 5.74) is 0.319. The zero-order valence-corrected chi connectivity index (χ0v) is 8.25. The van der Waals surface area contributed by atoms with Crippen molar-refractivity contribution in [1.82, 2.24) is 4.72 Å². The molecule has 12 heavy (non-hydrogen) atoms. The zero-order chi connectivity index (χ0) is 9.14. The number of halogens is 2. The second-order valence-corrected chi connectivity index (χ2v) is 3.05. The van der Waals surface area contributed by atoms with Gasteiger partial charge in [-0.05, 0) is 12.1 Å². The van der Waals surface area contributed by atoms with E-state index in [9.17, 15) is 4.79 Å². The first-order valence-electron chi connectivity index (χ1n) is 3.05. The summed E-state index contributed by atoms with van der Waals surface area (Å²) >= 11 is 15.0. The normalized spacial score (nSPS) is 9.58. The maximum absolute atomic E-state index is 11.1. The molecule has 0 aromatic heterocycles. The third-order valence-corrected chi connectivity index (χ3v) is 2.32. The molecular weight excluding hydrogens is 217 g/mol. The molecule has 0 atom stereocenters. The van der Waals surface area contributed by atoms with Gasteiger partial charge in [0.15, 0.2) is 0 Å². The van der Waals surface area contributed by atoms with Crippen molar-refractivity contribution in [2.24, 2.45) is 0 Å². The van der Waals surface area contributed by atoms with Crippen molar-refractivity contribution in [3.8, 4) is 0 Å². The molecule has 0 saturated carbocycles. The number of carbonyl (C=O) groups excluding carboxylic acids is 1. The summed E-state index contributed by atoms with van der Waals surface area (Å²) in [6.07, 6.45) is 0. The van der Waals surface area contributed by atoms with E-state index in [0.717, 1.165) is 0 Å². The number of hydrogen-bond donors (Lipinski definition) is 2. The van der Waals surface area contributed by atoms with E-state index in [2.05, 4.69) is 17.5 Å². The number of rotatable bonds is 1. The molecule has 0 fully saturated rings. The van der Waals surface area contributed by atoms with Gasteiger partial charge in [0.1, 0.15) is 0 Å². The molecule has 0 aliphatic carbocycles. The molecular formula is C7H5Cl2NOS. The SMILES string of the molecule is O=C(NS)c1cccc(Cl)c1Cl. The summed E-state index contributed by atoms with van der Waals surface area (Å²) in [6.45, 7) is 0. The maximum atomic E-state index is 11.1. The molecule has 0 unspecified atom stereocenters. The molecule has 0 aliphatic rings. The first-order valence-corrected chi connectivity index (χ1v) is 4.25. The zero-order valence-electron chi connectivity index (χ0n) is 5.84. The van der Waals surface area contributed by atoms with Crippen molar-refractivity contribution in [1.29, 1.82) is 0 Å². The van der Waals surface area contributed by atoms with E-state index in [1.165, 1.54) is 0 Å². The van der Waals surface area contributed by atoms with Crippen molar-refractivity contribution in [3.05, 3.63) is 33.8 Å². The Bertz CT molecular complexity index is 316. The smallest absolute Gasteiger partial charge is 0.262 e. The minimum absolute atomic E-state index is 0.241. The summed E-state index contributed by atoms with van der Waals surface area (Å²) < 4.78 is 2.16. The van der Waals surface area contributed by atoms with Crippen molar-refractivity contribution in [2.45, 2.75) is 0 Å². The molecule has 64 valence electrons. The molecule has 1 aromatic carbocycles. The fraction of sp³-hybridized carbons (Fsp3) is 0. The monoisotopic (exact) mass is 221 g/mol. The molecule has 2 nitrogen and oxygen atoms in total. The fourth-order valence-corrected chi connectivity index (χ4v) is 1.25. The highest BCUT2D eigenvalue weighted by Crippen LogP contribution is 2.25. The highest BCUT2D eigenvalue weighted by atomic mass is 35.5. The molecule has 1 N–H and O–H groups in total. The molecule has 5 heteroatoms. The number of hydrogen-bond acceptors (Lipinski definition) is 2. The van der Waals surface area contributed by atoms with E-state index in [1.807, 2.05) is 0 Å². The van der Waals surface area contributed by atoms with Gasteiger partial charge in [0, 0.05) is 0 Å². The van der Waals surface area contributed by atoms with E-state index < -0.39 is 0 Å². The van der Waals surface area contributed by atoms with Crippen LogP contribution < -0.4 is 4.72 Å². The Morgan fingerprint density at radius 2 is 2.08 bits per heavy atom. The Morgan fingerprint density at radius 3 is 2.67 bits per heavy atom. The minimum atomic E-state index is -0.370. The van der Waals surface area contributed by atoms with Crippen LogP contribution in [-0.4, -0.2) is 5.91 Å². The average molecular weight is 222 g/mol. The number of thiol groups is 1. The summed E-state index contributed by atoms with van der Waals surface area (Å²) in [5.74, 6) is -0.370. The first kappa shape index (κ1) is 9.71. The average Bonchev–Trinajstić information content (AvgIpc) is 2.08. The topological polar surface area (TPSA) is 29.1 Å². The molecule has 1 rings (SSSR count). The Hall–Kier alpha value is -0.380. The van der Waals surface area contributed by atoms with E-state index in [1.54, 1.807) is 18.2 Å². The Balaban J connectivity index is 3.16. The predicted molar refractivity (Wildman–Crippen MR) is 52.9 cm³/mol.